The Bertz CT molecular complexity index is 1130. The number of hydrogen-bond acceptors (Lipinski definition) is 3. The molecule has 0 atom stereocenters. The average Bonchev–Trinajstić information content (AvgIpc) is 3.19. The second-order valence-electron chi connectivity index (χ2n) is 9.42. The summed E-state index contributed by atoms with van der Waals surface area (Å²) in [5, 5.41) is 3.06. The van der Waals surface area contributed by atoms with Gasteiger partial charge < -0.3 is 14.0 Å². The average molecular weight is 445 g/mol. The second-order valence-corrected chi connectivity index (χ2v) is 9.42. The van der Waals surface area contributed by atoms with Gasteiger partial charge in [0.1, 0.15) is 12.4 Å². The molecule has 5 heteroatoms. The van der Waals surface area contributed by atoms with E-state index in [2.05, 4.69) is 73.3 Å². The number of amides is 1. The van der Waals surface area contributed by atoms with Gasteiger partial charge in [-0.15, -0.1) is 0 Å². The van der Waals surface area contributed by atoms with Gasteiger partial charge in [0, 0.05) is 24.0 Å². The molecule has 1 aliphatic heterocycles. The molecule has 5 nitrogen and oxygen atoms in total. The number of methoxy groups -OCH3 is 1. The third-order valence-corrected chi connectivity index (χ3v) is 6.03. The van der Waals surface area contributed by atoms with Crippen LogP contribution in [-0.2, 0) is 23.3 Å². The summed E-state index contributed by atoms with van der Waals surface area (Å²) >= 11 is 0. The maximum atomic E-state index is 12.7. The maximum absolute atomic E-state index is 12.7. The maximum Gasteiger partial charge on any atom is 0.411 e. The largest absolute Gasteiger partial charge is 0.497 e. The van der Waals surface area contributed by atoms with Crippen LogP contribution in [0.3, 0.4) is 0 Å². The molecule has 33 heavy (non-hydrogen) atoms. The number of aryl methyl sites for hydroxylation is 1. The van der Waals surface area contributed by atoms with Gasteiger partial charge in [-0.2, -0.15) is 0 Å². The zero-order valence-electron chi connectivity index (χ0n) is 19.9. The molecule has 0 unspecified atom stereocenters. The van der Waals surface area contributed by atoms with E-state index in [1.807, 2.05) is 24.3 Å². The molecule has 1 N–H and O–H groups in total. The number of nitrogens with zero attached hydrogens (tertiary/aromatic N) is 1. The molecule has 172 valence electrons. The van der Waals surface area contributed by atoms with Crippen molar-refractivity contribution >= 4 is 11.7 Å². The number of aromatic nitrogens is 1. The number of alkyl carbamates (subject to hydrolysis) is 1. The number of carbonyl (C=O) groups is 1. The van der Waals surface area contributed by atoms with Gasteiger partial charge >= 0.3 is 6.09 Å². The van der Waals surface area contributed by atoms with Crippen LogP contribution in [0.15, 0.2) is 72.6 Å². The molecule has 0 spiro atoms. The Morgan fingerprint density at radius 3 is 2.42 bits per heavy atom. The molecule has 0 fully saturated rings. The standard InChI is InChI=1S/C28H32N2O3/c1-28(2,3)22-13-11-21(12-14-22)26-24(7-5-17-30-18-6-8-25(26)30)29-27(31)33-19-20-9-15-23(32-4)16-10-20/h6,8-16,18H,5,7,17,19H2,1-4H3,(H,29,31). The lowest BCUT2D eigenvalue weighted by Gasteiger charge is -2.20. The first-order valence-electron chi connectivity index (χ1n) is 11.4. The van der Waals surface area contributed by atoms with Crippen molar-refractivity contribution in [1.82, 2.24) is 9.88 Å². The summed E-state index contributed by atoms with van der Waals surface area (Å²) in [7, 11) is 1.63. The van der Waals surface area contributed by atoms with Crippen LogP contribution in [0.5, 0.6) is 5.75 Å². The van der Waals surface area contributed by atoms with Gasteiger partial charge in [-0.05, 0) is 59.2 Å². The van der Waals surface area contributed by atoms with Crippen LogP contribution in [0.25, 0.3) is 5.57 Å². The van der Waals surface area contributed by atoms with Crippen LogP contribution in [0.4, 0.5) is 4.79 Å². The predicted octanol–water partition coefficient (Wildman–Crippen LogP) is 6.27. The molecular weight excluding hydrogens is 412 g/mol. The Morgan fingerprint density at radius 1 is 1.03 bits per heavy atom. The van der Waals surface area contributed by atoms with E-state index in [4.69, 9.17) is 9.47 Å². The molecule has 1 aromatic heterocycles. The molecule has 4 rings (SSSR count). The number of allylic oxidation sites excluding steroid dienone is 1. The summed E-state index contributed by atoms with van der Waals surface area (Å²) in [6.45, 7) is 7.75. The number of benzene rings is 2. The highest BCUT2D eigenvalue weighted by atomic mass is 16.5. The van der Waals surface area contributed by atoms with Gasteiger partial charge in [0.05, 0.1) is 12.8 Å². The van der Waals surface area contributed by atoms with Crippen LogP contribution in [-0.4, -0.2) is 17.8 Å². The molecule has 2 heterocycles. The SMILES string of the molecule is COc1ccc(COC(=O)NC2=C(c3ccc(C(C)(C)C)cc3)c3cccn3CCC2)cc1. The molecule has 0 saturated carbocycles. The minimum Gasteiger partial charge on any atom is -0.497 e. The van der Waals surface area contributed by atoms with Crippen molar-refractivity contribution in [3.8, 4) is 5.75 Å². The van der Waals surface area contributed by atoms with Crippen molar-refractivity contribution < 1.29 is 14.3 Å². The van der Waals surface area contributed by atoms with Crippen LogP contribution < -0.4 is 10.1 Å². The number of rotatable bonds is 5. The van der Waals surface area contributed by atoms with E-state index in [-0.39, 0.29) is 12.0 Å². The van der Waals surface area contributed by atoms with Crippen molar-refractivity contribution in [1.29, 1.82) is 0 Å². The summed E-state index contributed by atoms with van der Waals surface area (Å²) in [6.07, 6.45) is 3.38. The fourth-order valence-electron chi connectivity index (χ4n) is 4.16. The molecule has 3 aromatic rings. The van der Waals surface area contributed by atoms with Gasteiger partial charge in [0.2, 0.25) is 0 Å². The highest BCUT2D eigenvalue weighted by molar-refractivity contribution is 5.84. The summed E-state index contributed by atoms with van der Waals surface area (Å²) in [5.74, 6) is 0.775. The first kappa shape index (κ1) is 22.7. The molecule has 0 aliphatic carbocycles. The van der Waals surface area contributed by atoms with Crippen molar-refractivity contribution in [3.63, 3.8) is 0 Å². The Hall–Kier alpha value is -3.47. The normalized spacial score (nSPS) is 13.8. The second kappa shape index (κ2) is 9.57. The fraction of sp³-hybridized carbons (Fsp3) is 0.321. The third kappa shape index (κ3) is 5.30. The molecule has 0 radical (unpaired) electrons. The fourth-order valence-corrected chi connectivity index (χ4v) is 4.16. The summed E-state index contributed by atoms with van der Waals surface area (Å²) < 4.78 is 13.0. The number of hydrogen-bond donors (Lipinski definition) is 1. The lowest BCUT2D eigenvalue weighted by molar-refractivity contribution is 0.142. The summed E-state index contributed by atoms with van der Waals surface area (Å²) in [5.41, 5.74) is 6.44. The zero-order chi connectivity index (χ0) is 23.4. The van der Waals surface area contributed by atoms with Crippen LogP contribution in [0, 0.1) is 0 Å². The monoisotopic (exact) mass is 444 g/mol. The van der Waals surface area contributed by atoms with E-state index in [1.165, 1.54) is 5.56 Å². The van der Waals surface area contributed by atoms with E-state index in [9.17, 15) is 4.79 Å². The Kier molecular flexibility index (Phi) is 6.59. The molecular formula is C28H32N2O3. The van der Waals surface area contributed by atoms with Crippen molar-refractivity contribution in [2.75, 3.05) is 7.11 Å². The molecule has 1 amide bonds. The Balaban J connectivity index is 1.59. The number of nitrogens with one attached hydrogen (secondary N) is 1. The molecule has 0 bridgehead atoms. The minimum atomic E-state index is -0.440. The van der Waals surface area contributed by atoms with Gasteiger partial charge in [-0.3, -0.25) is 5.32 Å². The van der Waals surface area contributed by atoms with E-state index >= 15 is 0 Å². The number of ether oxygens (including phenoxy) is 2. The summed E-state index contributed by atoms with van der Waals surface area (Å²) in [4.78, 5) is 12.7. The van der Waals surface area contributed by atoms with Crippen LogP contribution >= 0.6 is 0 Å². The van der Waals surface area contributed by atoms with E-state index in [0.29, 0.717) is 0 Å². The first-order chi connectivity index (χ1) is 15.8. The lowest BCUT2D eigenvalue weighted by Crippen LogP contribution is -2.24. The number of fused-ring (bicyclic) bond motifs is 1. The van der Waals surface area contributed by atoms with Crippen LogP contribution in [0.1, 0.15) is 56.0 Å². The van der Waals surface area contributed by atoms with E-state index < -0.39 is 6.09 Å². The smallest absolute Gasteiger partial charge is 0.411 e. The highest BCUT2D eigenvalue weighted by Gasteiger charge is 2.21. The van der Waals surface area contributed by atoms with E-state index in [1.54, 1.807) is 7.11 Å². The quantitative estimate of drug-likeness (QED) is 0.504. The lowest BCUT2D eigenvalue weighted by atomic mass is 9.86. The molecule has 1 aliphatic rings. The molecule has 2 aromatic carbocycles. The van der Waals surface area contributed by atoms with Crippen molar-refractivity contribution in [3.05, 3.63) is 94.9 Å². The van der Waals surface area contributed by atoms with E-state index in [0.717, 1.165) is 53.2 Å². The summed E-state index contributed by atoms with van der Waals surface area (Å²) in [6, 6.07) is 20.4. The van der Waals surface area contributed by atoms with Gasteiger partial charge in [0.15, 0.2) is 0 Å². The van der Waals surface area contributed by atoms with Crippen molar-refractivity contribution in [2.45, 2.75) is 52.2 Å². The minimum absolute atomic E-state index is 0.0862. The van der Waals surface area contributed by atoms with Crippen LogP contribution in [0.2, 0.25) is 0 Å². The van der Waals surface area contributed by atoms with Gasteiger partial charge in [-0.1, -0.05) is 57.2 Å². The number of carbonyl (C=O) groups excluding carboxylic acids is 1. The molecule has 0 saturated heterocycles. The predicted molar refractivity (Wildman–Crippen MR) is 131 cm³/mol. The first-order valence-corrected chi connectivity index (χ1v) is 11.4. The van der Waals surface area contributed by atoms with Gasteiger partial charge in [0.25, 0.3) is 0 Å². The van der Waals surface area contributed by atoms with Crippen molar-refractivity contribution in [2.24, 2.45) is 0 Å². The Morgan fingerprint density at radius 2 is 1.76 bits per heavy atom. The zero-order valence-corrected chi connectivity index (χ0v) is 19.9. The highest BCUT2D eigenvalue weighted by Crippen LogP contribution is 2.33. The Labute approximate surface area is 196 Å². The van der Waals surface area contributed by atoms with Gasteiger partial charge in [-0.25, -0.2) is 4.79 Å². The third-order valence-electron chi connectivity index (χ3n) is 6.03. The topological polar surface area (TPSA) is 52.5 Å².